The summed E-state index contributed by atoms with van der Waals surface area (Å²) in [5, 5.41) is 5.78. The van der Waals surface area contributed by atoms with E-state index in [4.69, 9.17) is 16.3 Å². The van der Waals surface area contributed by atoms with Gasteiger partial charge in [0.2, 0.25) is 11.7 Å². The van der Waals surface area contributed by atoms with Crippen LogP contribution in [0.15, 0.2) is 12.1 Å². The van der Waals surface area contributed by atoms with Gasteiger partial charge < -0.3 is 9.30 Å². The van der Waals surface area contributed by atoms with E-state index in [0.717, 1.165) is 0 Å². The van der Waals surface area contributed by atoms with Crippen LogP contribution in [0.2, 0.25) is 5.02 Å². The zero-order chi connectivity index (χ0) is 16.1. The molecule has 0 saturated carbocycles. The third kappa shape index (κ3) is 2.27. The number of hydrogen-bond donors (Lipinski definition) is 1. The lowest BCUT2D eigenvalue weighted by atomic mass is 10.3. The van der Waals surface area contributed by atoms with Crippen LogP contribution in [-0.2, 0) is 13.2 Å². The van der Waals surface area contributed by atoms with Gasteiger partial charge in [-0.2, -0.15) is 18.3 Å². The number of nitrogens with one attached hydrogen (secondary N) is 1. The Labute approximate surface area is 126 Å². The largest absolute Gasteiger partial charge is 0.480 e. The molecule has 0 aliphatic rings. The van der Waals surface area contributed by atoms with Gasteiger partial charge in [-0.05, 0) is 12.1 Å². The second-order valence-electron chi connectivity index (χ2n) is 4.48. The molecule has 0 bridgehead atoms. The van der Waals surface area contributed by atoms with E-state index in [1.54, 1.807) is 23.7 Å². The predicted octanol–water partition coefficient (Wildman–Crippen LogP) is 3.04. The number of aryl methyl sites for hydroxylation is 1. The molecule has 0 aliphatic heterocycles. The van der Waals surface area contributed by atoms with Gasteiger partial charge in [0.15, 0.2) is 5.82 Å². The molecular formula is C12H9ClF3N5O. The summed E-state index contributed by atoms with van der Waals surface area (Å²) in [6.45, 7) is 0. The number of H-pyrrole nitrogens is 1. The monoisotopic (exact) mass is 331 g/mol. The van der Waals surface area contributed by atoms with Crippen molar-refractivity contribution in [3.05, 3.63) is 23.0 Å². The lowest BCUT2D eigenvalue weighted by Gasteiger charge is -2.03. The quantitative estimate of drug-likeness (QED) is 0.783. The van der Waals surface area contributed by atoms with E-state index < -0.39 is 12.0 Å². The first kappa shape index (κ1) is 14.6. The Balaban J connectivity index is 2.15. The number of methoxy groups -OCH3 is 1. The van der Waals surface area contributed by atoms with Crippen LogP contribution in [0, 0.1) is 0 Å². The number of halogens is 4. The number of hydrogen-bond acceptors (Lipinski definition) is 4. The van der Waals surface area contributed by atoms with Crippen molar-refractivity contribution in [2.75, 3.05) is 7.11 Å². The van der Waals surface area contributed by atoms with Crippen LogP contribution in [0.5, 0.6) is 5.88 Å². The summed E-state index contributed by atoms with van der Waals surface area (Å²) in [6.07, 6.45) is -4.58. The average Bonchev–Trinajstić information content (AvgIpc) is 3.04. The van der Waals surface area contributed by atoms with Crippen molar-refractivity contribution >= 4 is 22.6 Å². The van der Waals surface area contributed by atoms with Gasteiger partial charge in [0, 0.05) is 7.05 Å². The molecule has 0 amide bonds. The van der Waals surface area contributed by atoms with Gasteiger partial charge in [0.1, 0.15) is 5.02 Å². The highest BCUT2D eigenvalue weighted by molar-refractivity contribution is 6.32. The minimum absolute atomic E-state index is 0.0806. The maximum atomic E-state index is 12.6. The molecule has 116 valence electrons. The smallest absolute Gasteiger partial charge is 0.451 e. The van der Waals surface area contributed by atoms with Crippen LogP contribution < -0.4 is 4.74 Å². The molecule has 0 unspecified atom stereocenters. The standard InChI is InChI=1S/C12H9ClF3N5O/c1-21-7-3-5(13)10(22-2)17-6(7)4-8(21)9-18-11(20-19-9)12(14,15)16/h3-4H,1-2H3,(H,18,19,20). The van der Waals surface area contributed by atoms with E-state index >= 15 is 0 Å². The molecule has 6 nitrogen and oxygen atoms in total. The minimum Gasteiger partial charge on any atom is -0.480 e. The number of aromatic nitrogens is 5. The summed E-state index contributed by atoms with van der Waals surface area (Å²) in [6, 6.07) is 3.18. The Kier molecular flexibility index (Phi) is 3.24. The molecule has 10 heteroatoms. The molecule has 0 aromatic carbocycles. The highest BCUT2D eigenvalue weighted by Crippen LogP contribution is 2.32. The van der Waals surface area contributed by atoms with Gasteiger partial charge >= 0.3 is 6.18 Å². The van der Waals surface area contributed by atoms with Crippen LogP contribution in [-0.4, -0.2) is 31.8 Å². The van der Waals surface area contributed by atoms with Gasteiger partial charge in [-0.15, -0.1) is 0 Å². The molecular weight excluding hydrogens is 323 g/mol. The molecule has 22 heavy (non-hydrogen) atoms. The van der Waals surface area contributed by atoms with E-state index in [1.807, 2.05) is 5.10 Å². The lowest BCUT2D eigenvalue weighted by molar-refractivity contribution is -0.144. The Morgan fingerprint density at radius 3 is 2.59 bits per heavy atom. The van der Waals surface area contributed by atoms with Crippen molar-refractivity contribution in [1.29, 1.82) is 0 Å². The molecule has 0 atom stereocenters. The van der Waals surface area contributed by atoms with E-state index in [1.165, 1.54) is 7.11 Å². The molecule has 1 N–H and O–H groups in total. The molecule has 0 fully saturated rings. The first-order valence-corrected chi connectivity index (χ1v) is 6.39. The number of pyridine rings is 1. The third-order valence-electron chi connectivity index (χ3n) is 3.12. The molecule has 0 spiro atoms. The number of nitrogens with zero attached hydrogens (tertiary/aromatic N) is 4. The number of alkyl halides is 3. The van der Waals surface area contributed by atoms with Crippen LogP contribution in [0.1, 0.15) is 5.82 Å². The van der Waals surface area contributed by atoms with E-state index in [-0.39, 0.29) is 11.7 Å². The van der Waals surface area contributed by atoms with E-state index in [0.29, 0.717) is 21.7 Å². The maximum absolute atomic E-state index is 12.6. The van der Waals surface area contributed by atoms with Gasteiger partial charge in [-0.1, -0.05) is 11.6 Å². The van der Waals surface area contributed by atoms with Gasteiger partial charge in [-0.3, -0.25) is 5.10 Å². The van der Waals surface area contributed by atoms with Gasteiger partial charge in [0.05, 0.1) is 23.8 Å². The number of rotatable bonds is 2. The van der Waals surface area contributed by atoms with Crippen molar-refractivity contribution < 1.29 is 17.9 Å². The van der Waals surface area contributed by atoms with Crippen LogP contribution in [0.25, 0.3) is 22.6 Å². The summed E-state index contributed by atoms with van der Waals surface area (Å²) in [4.78, 5) is 7.66. The predicted molar refractivity (Wildman–Crippen MR) is 72.7 cm³/mol. The second kappa shape index (κ2) is 4.87. The summed E-state index contributed by atoms with van der Waals surface area (Å²) < 4.78 is 44.4. The fourth-order valence-corrected chi connectivity index (χ4v) is 2.29. The first-order chi connectivity index (χ1) is 10.3. The van der Waals surface area contributed by atoms with Gasteiger partial charge in [-0.25, -0.2) is 9.97 Å². The Hall–Kier alpha value is -2.29. The van der Waals surface area contributed by atoms with Gasteiger partial charge in [0.25, 0.3) is 0 Å². The number of ether oxygens (including phenoxy) is 1. The first-order valence-electron chi connectivity index (χ1n) is 6.01. The second-order valence-corrected chi connectivity index (χ2v) is 4.89. The summed E-state index contributed by atoms with van der Waals surface area (Å²) >= 11 is 6.01. The molecule has 3 aromatic heterocycles. The van der Waals surface area contributed by atoms with E-state index in [9.17, 15) is 13.2 Å². The Bertz CT molecular complexity index is 854. The van der Waals surface area contributed by atoms with Crippen molar-refractivity contribution in [2.24, 2.45) is 7.05 Å². The highest BCUT2D eigenvalue weighted by atomic mass is 35.5. The topological polar surface area (TPSA) is 68.6 Å². The fraction of sp³-hybridized carbons (Fsp3) is 0.250. The van der Waals surface area contributed by atoms with Crippen LogP contribution in [0.3, 0.4) is 0 Å². The number of fused-ring (bicyclic) bond motifs is 1. The fourth-order valence-electron chi connectivity index (χ4n) is 2.07. The minimum atomic E-state index is -4.58. The van der Waals surface area contributed by atoms with E-state index in [2.05, 4.69) is 15.1 Å². The van der Waals surface area contributed by atoms with Crippen LogP contribution >= 0.6 is 11.6 Å². The average molecular weight is 332 g/mol. The van der Waals surface area contributed by atoms with Crippen molar-refractivity contribution in [1.82, 2.24) is 24.7 Å². The summed E-state index contributed by atoms with van der Waals surface area (Å²) in [5.74, 6) is -1.00. The summed E-state index contributed by atoms with van der Waals surface area (Å²) in [7, 11) is 3.08. The zero-order valence-electron chi connectivity index (χ0n) is 11.4. The zero-order valence-corrected chi connectivity index (χ0v) is 12.1. The third-order valence-corrected chi connectivity index (χ3v) is 3.40. The molecule has 3 aromatic rings. The SMILES string of the molecule is COc1nc2cc(-c3n[nH]c(C(F)(F)F)n3)n(C)c2cc1Cl. The molecule has 3 rings (SSSR count). The summed E-state index contributed by atoms with van der Waals surface area (Å²) in [5.41, 5.74) is 1.51. The molecule has 0 aliphatic carbocycles. The van der Waals surface area contributed by atoms with Crippen LogP contribution in [0.4, 0.5) is 13.2 Å². The molecule has 0 saturated heterocycles. The number of aromatic amines is 1. The van der Waals surface area contributed by atoms with Crippen molar-refractivity contribution in [3.8, 4) is 17.4 Å². The highest BCUT2D eigenvalue weighted by Gasteiger charge is 2.35. The lowest BCUT2D eigenvalue weighted by Crippen LogP contribution is -2.07. The Morgan fingerprint density at radius 1 is 1.27 bits per heavy atom. The molecule has 0 radical (unpaired) electrons. The normalized spacial score (nSPS) is 12.1. The van der Waals surface area contributed by atoms with Crippen molar-refractivity contribution in [2.45, 2.75) is 6.18 Å². The Morgan fingerprint density at radius 2 is 2.00 bits per heavy atom. The molecule has 3 heterocycles. The van der Waals surface area contributed by atoms with Crippen molar-refractivity contribution in [3.63, 3.8) is 0 Å². The maximum Gasteiger partial charge on any atom is 0.451 e.